The molecular formula is C30H33FN6O3. The van der Waals surface area contributed by atoms with Crippen molar-refractivity contribution in [2.45, 2.75) is 18.9 Å². The Hall–Kier alpha value is -4.28. The van der Waals surface area contributed by atoms with Gasteiger partial charge in [-0.3, -0.25) is 15.0 Å². The van der Waals surface area contributed by atoms with Gasteiger partial charge in [0.05, 0.1) is 24.0 Å². The Labute approximate surface area is 232 Å². The van der Waals surface area contributed by atoms with Crippen molar-refractivity contribution in [2.75, 3.05) is 38.7 Å². The summed E-state index contributed by atoms with van der Waals surface area (Å²) in [6, 6.07) is 18.7. The molecule has 0 saturated carbocycles. The van der Waals surface area contributed by atoms with Gasteiger partial charge in [-0.05, 0) is 42.8 Å². The summed E-state index contributed by atoms with van der Waals surface area (Å²) in [5.41, 5.74) is 3.59. The molecule has 1 aliphatic heterocycles. The van der Waals surface area contributed by atoms with Crippen molar-refractivity contribution in [3.63, 3.8) is 0 Å². The number of pyridine rings is 1. The molecule has 2 aromatic heterocycles. The van der Waals surface area contributed by atoms with Gasteiger partial charge in [-0.1, -0.05) is 30.3 Å². The van der Waals surface area contributed by atoms with Gasteiger partial charge < -0.3 is 14.6 Å². The Balaban J connectivity index is 1.43. The number of amides is 2. The van der Waals surface area contributed by atoms with E-state index < -0.39 is 0 Å². The van der Waals surface area contributed by atoms with Crippen LogP contribution in [0.5, 0.6) is 0 Å². The van der Waals surface area contributed by atoms with E-state index in [4.69, 9.17) is 9.84 Å². The quantitative estimate of drug-likeness (QED) is 0.351. The summed E-state index contributed by atoms with van der Waals surface area (Å²) in [5, 5.41) is 11.0. The van der Waals surface area contributed by atoms with Gasteiger partial charge in [0.1, 0.15) is 11.6 Å². The number of urea groups is 1. The van der Waals surface area contributed by atoms with E-state index >= 15 is 0 Å². The molecule has 10 heteroatoms. The Morgan fingerprint density at radius 1 is 1.10 bits per heavy atom. The fourth-order valence-electron chi connectivity index (χ4n) is 5.16. The minimum Gasteiger partial charge on any atom is -0.383 e. The van der Waals surface area contributed by atoms with E-state index in [1.54, 1.807) is 37.2 Å². The maximum atomic E-state index is 13.6. The fraction of sp³-hybridized carbons (Fsp3) is 0.300. The number of nitrogens with one attached hydrogen (secondary N) is 2. The summed E-state index contributed by atoms with van der Waals surface area (Å²) in [7, 11) is 3.36. The van der Waals surface area contributed by atoms with Crippen molar-refractivity contribution >= 4 is 11.8 Å². The van der Waals surface area contributed by atoms with Crippen molar-refractivity contribution in [3.05, 3.63) is 100 Å². The first-order valence-corrected chi connectivity index (χ1v) is 13.2. The summed E-state index contributed by atoms with van der Waals surface area (Å²) in [4.78, 5) is 28.0. The van der Waals surface area contributed by atoms with Crippen LogP contribution in [0.25, 0.3) is 16.9 Å². The Bertz CT molecular complexity index is 1530. The zero-order chi connectivity index (χ0) is 28.2. The number of hydrogen-bond donors (Lipinski definition) is 2. The van der Waals surface area contributed by atoms with Crippen LogP contribution in [-0.2, 0) is 11.8 Å². The van der Waals surface area contributed by atoms with E-state index in [-0.39, 0.29) is 29.4 Å². The number of aryl methyl sites for hydroxylation is 1. The molecule has 1 aliphatic rings. The molecule has 1 fully saturated rings. The fourth-order valence-corrected chi connectivity index (χ4v) is 5.16. The lowest BCUT2D eigenvalue weighted by molar-refractivity contribution is 0.159. The molecule has 40 heavy (non-hydrogen) atoms. The summed E-state index contributed by atoms with van der Waals surface area (Å²) < 4.78 is 22.0. The van der Waals surface area contributed by atoms with Gasteiger partial charge >= 0.3 is 6.03 Å². The van der Waals surface area contributed by atoms with Crippen LogP contribution in [0.1, 0.15) is 17.0 Å². The van der Waals surface area contributed by atoms with Crippen molar-refractivity contribution in [1.29, 1.82) is 0 Å². The van der Waals surface area contributed by atoms with Gasteiger partial charge in [0, 0.05) is 63.1 Å². The van der Waals surface area contributed by atoms with Crippen LogP contribution in [0, 0.1) is 12.7 Å². The molecule has 4 aromatic rings. The number of aromatic nitrogens is 3. The van der Waals surface area contributed by atoms with E-state index in [0.29, 0.717) is 36.8 Å². The lowest BCUT2D eigenvalue weighted by Crippen LogP contribution is -2.42. The first-order chi connectivity index (χ1) is 19.3. The number of likely N-dealkylation sites (tertiary alicyclic amines) is 1. The molecular weight excluding hydrogens is 511 g/mol. The number of benzene rings is 2. The molecule has 2 atom stereocenters. The lowest BCUT2D eigenvalue weighted by Gasteiger charge is -2.21. The van der Waals surface area contributed by atoms with E-state index in [1.807, 2.05) is 43.3 Å². The van der Waals surface area contributed by atoms with Crippen LogP contribution in [0.2, 0.25) is 0 Å². The number of halogens is 1. The Kier molecular flexibility index (Phi) is 8.09. The highest BCUT2D eigenvalue weighted by Crippen LogP contribution is 2.31. The van der Waals surface area contributed by atoms with Gasteiger partial charge in [0.25, 0.3) is 5.56 Å². The minimum atomic E-state index is -0.374. The highest BCUT2D eigenvalue weighted by molar-refractivity contribution is 5.91. The average molecular weight is 545 g/mol. The number of para-hydroxylation sites is 1. The van der Waals surface area contributed by atoms with Gasteiger partial charge in [-0.2, -0.15) is 5.10 Å². The predicted molar refractivity (Wildman–Crippen MR) is 152 cm³/mol. The number of carbonyl (C=O) groups is 1. The number of ether oxygens (including phenoxy) is 1. The molecule has 5 rings (SSSR count). The second-order valence-electron chi connectivity index (χ2n) is 10.0. The van der Waals surface area contributed by atoms with Crippen LogP contribution in [0.15, 0.2) is 77.7 Å². The largest absolute Gasteiger partial charge is 0.383 e. The standard InChI is InChI=1S/C30H33FN6O3/c1-20-28(22-13-14-35(2)27(38)17-22)34-37(24-7-5-4-6-8-24)29(20)33-30(39)32-26-19-36(15-16-40-3)18-25(26)21-9-11-23(31)12-10-21/h4-14,17,25-26H,15-16,18-19H2,1-3H3,(H2,32,33,39)/t25-,26+/m0/s1. The molecule has 2 amide bonds. The molecule has 0 bridgehead atoms. The van der Waals surface area contributed by atoms with E-state index in [9.17, 15) is 14.0 Å². The number of hydrogen-bond acceptors (Lipinski definition) is 5. The van der Waals surface area contributed by atoms with Gasteiger partial charge in [0.15, 0.2) is 0 Å². The minimum absolute atomic E-state index is 0.0144. The van der Waals surface area contributed by atoms with Gasteiger partial charge in [0.2, 0.25) is 0 Å². The van der Waals surface area contributed by atoms with Gasteiger partial charge in [-0.15, -0.1) is 0 Å². The van der Waals surface area contributed by atoms with Gasteiger partial charge in [-0.25, -0.2) is 13.9 Å². The molecule has 0 unspecified atom stereocenters. The number of nitrogens with zero attached hydrogens (tertiary/aromatic N) is 4. The van der Waals surface area contributed by atoms with E-state index in [1.165, 1.54) is 22.8 Å². The monoisotopic (exact) mass is 544 g/mol. The molecule has 0 aliphatic carbocycles. The normalized spacial score (nSPS) is 17.2. The number of rotatable bonds is 8. The van der Waals surface area contributed by atoms with E-state index in [2.05, 4.69) is 15.5 Å². The lowest BCUT2D eigenvalue weighted by atomic mass is 9.94. The zero-order valence-electron chi connectivity index (χ0n) is 22.8. The van der Waals surface area contributed by atoms with Crippen LogP contribution >= 0.6 is 0 Å². The molecule has 3 heterocycles. The molecule has 9 nitrogen and oxygen atoms in total. The molecule has 208 valence electrons. The highest BCUT2D eigenvalue weighted by Gasteiger charge is 2.35. The molecule has 2 N–H and O–H groups in total. The third-order valence-corrected chi connectivity index (χ3v) is 7.35. The summed E-state index contributed by atoms with van der Waals surface area (Å²) in [6.07, 6.45) is 1.70. The van der Waals surface area contributed by atoms with Crippen LogP contribution in [-0.4, -0.2) is 64.7 Å². The second-order valence-corrected chi connectivity index (χ2v) is 10.0. The van der Waals surface area contributed by atoms with E-state index in [0.717, 1.165) is 23.4 Å². The molecule has 0 radical (unpaired) electrons. The number of anilines is 1. The smallest absolute Gasteiger partial charge is 0.320 e. The van der Waals surface area contributed by atoms with Crippen molar-refractivity contribution in [3.8, 4) is 16.9 Å². The van der Waals surface area contributed by atoms with Crippen molar-refractivity contribution in [2.24, 2.45) is 7.05 Å². The SMILES string of the molecule is COCCN1C[C@@H](NC(=O)Nc2c(C)c(-c3ccn(C)c(=O)c3)nn2-c2ccccc2)[C@H](c2ccc(F)cc2)C1. The third-order valence-electron chi connectivity index (χ3n) is 7.35. The average Bonchev–Trinajstić information content (AvgIpc) is 3.50. The van der Waals surface area contributed by atoms with Crippen LogP contribution in [0.3, 0.4) is 0 Å². The maximum Gasteiger partial charge on any atom is 0.320 e. The number of methoxy groups -OCH3 is 1. The molecule has 0 spiro atoms. The van der Waals surface area contributed by atoms with Crippen molar-refractivity contribution < 1.29 is 13.9 Å². The van der Waals surface area contributed by atoms with Crippen molar-refractivity contribution in [1.82, 2.24) is 24.6 Å². The third kappa shape index (κ3) is 5.83. The summed E-state index contributed by atoms with van der Waals surface area (Å²) in [5.74, 6) is 0.198. The first kappa shape index (κ1) is 27.3. The Morgan fingerprint density at radius 2 is 1.85 bits per heavy atom. The van der Waals surface area contributed by atoms with Crippen LogP contribution < -0.4 is 16.2 Å². The topological polar surface area (TPSA) is 93.4 Å². The zero-order valence-corrected chi connectivity index (χ0v) is 22.8. The summed E-state index contributed by atoms with van der Waals surface area (Å²) in [6.45, 7) is 4.53. The van der Waals surface area contributed by atoms with Crippen LogP contribution in [0.4, 0.5) is 15.0 Å². The predicted octanol–water partition coefficient (Wildman–Crippen LogP) is 3.92. The molecule has 1 saturated heterocycles. The maximum absolute atomic E-state index is 13.6. The second kappa shape index (κ2) is 11.8. The molecule has 2 aromatic carbocycles. The summed E-state index contributed by atoms with van der Waals surface area (Å²) >= 11 is 0. The Morgan fingerprint density at radius 3 is 2.55 bits per heavy atom. The first-order valence-electron chi connectivity index (χ1n) is 13.2. The highest BCUT2D eigenvalue weighted by atomic mass is 19.1. The number of carbonyl (C=O) groups excluding carboxylic acids is 1.